The van der Waals surface area contributed by atoms with Gasteiger partial charge in [0.05, 0.1) is 10.4 Å². The lowest BCUT2D eigenvalue weighted by Gasteiger charge is -2.09. The molecule has 6 nitrogen and oxygen atoms in total. The smallest absolute Gasteiger partial charge is 0.269 e. The third kappa shape index (κ3) is 2.85. The standard InChI is InChI=1S/C16H14N4O2/c1-11-2-7-15-14(8-11)16(19-10-18-15)17-9-12-3-5-13(6-4-12)20(21)22/h2-8,10H,9H2,1H3,(H,17,18,19). The number of fused-ring (bicyclic) bond motifs is 1. The van der Waals surface area contributed by atoms with Crippen LogP contribution in [0.1, 0.15) is 11.1 Å². The Morgan fingerprint density at radius 3 is 2.64 bits per heavy atom. The van der Waals surface area contributed by atoms with E-state index in [0.29, 0.717) is 6.54 Å². The van der Waals surface area contributed by atoms with Gasteiger partial charge in [-0.25, -0.2) is 9.97 Å². The van der Waals surface area contributed by atoms with Gasteiger partial charge < -0.3 is 5.32 Å². The number of nitro benzene ring substituents is 1. The van der Waals surface area contributed by atoms with Gasteiger partial charge in [-0.05, 0) is 24.6 Å². The van der Waals surface area contributed by atoms with Gasteiger partial charge in [0.25, 0.3) is 5.69 Å². The minimum absolute atomic E-state index is 0.0897. The van der Waals surface area contributed by atoms with Crippen LogP contribution >= 0.6 is 0 Å². The van der Waals surface area contributed by atoms with Crippen molar-refractivity contribution in [2.75, 3.05) is 5.32 Å². The molecule has 3 rings (SSSR count). The Morgan fingerprint density at radius 1 is 1.14 bits per heavy atom. The lowest BCUT2D eigenvalue weighted by Crippen LogP contribution is -2.02. The molecule has 6 heteroatoms. The summed E-state index contributed by atoms with van der Waals surface area (Å²) < 4.78 is 0. The molecule has 1 N–H and O–H groups in total. The van der Waals surface area contributed by atoms with Crippen LogP contribution in [0.25, 0.3) is 10.9 Å². The molecule has 22 heavy (non-hydrogen) atoms. The molecule has 0 unspecified atom stereocenters. The fourth-order valence-corrected chi connectivity index (χ4v) is 2.23. The van der Waals surface area contributed by atoms with E-state index in [4.69, 9.17) is 0 Å². The minimum atomic E-state index is -0.405. The fourth-order valence-electron chi connectivity index (χ4n) is 2.23. The van der Waals surface area contributed by atoms with Gasteiger partial charge in [0.15, 0.2) is 0 Å². The van der Waals surface area contributed by atoms with E-state index in [2.05, 4.69) is 15.3 Å². The van der Waals surface area contributed by atoms with Crippen LogP contribution < -0.4 is 5.32 Å². The Kier molecular flexibility index (Phi) is 3.65. The third-order valence-electron chi connectivity index (χ3n) is 3.40. The molecule has 3 aromatic rings. The van der Waals surface area contributed by atoms with Crippen LogP contribution in [0.3, 0.4) is 0 Å². The summed E-state index contributed by atoms with van der Waals surface area (Å²) in [6, 6.07) is 12.5. The van der Waals surface area contributed by atoms with Crippen LogP contribution in [0.5, 0.6) is 0 Å². The summed E-state index contributed by atoms with van der Waals surface area (Å²) in [6.45, 7) is 2.56. The van der Waals surface area contributed by atoms with E-state index in [1.165, 1.54) is 18.5 Å². The number of hydrogen-bond acceptors (Lipinski definition) is 5. The van der Waals surface area contributed by atoms with Crippen LogP contribution in [0.4, 0.5) is 11.5 Å². The zero-order valence-corrected chi connectivity index (χ0v) is 12.0. The maximum atomic E-state index is 10.6. The van der Waals surface area contributed by atoms with E-state index in [9.17, 15) is 10.1 Å². The molecule has 0 aliphatic carbocycles. The highest BCUT2D eigenvalue weighted by molar-refractivity contribution is 5.89. The van der Waals surface area contributed by atoms with Crippen molar-refractivity contribution in [3.05, 3.63) is 70.0 Å². The number of hydrogen-bond donors (Lipinski definition) is 1. The van der Waals surface area contributed by atoms with Crippen LogP contribution in [-0.4, -0.2) is 14.9 Å². The lowest BCUT2D eigenvalue weighted by molar-refractivity contribution is -0.384. The second-order valence-corrected chi connectivity index (χ2v) is 5.02. The van der Waals surface area contributed by atoms with Crippen molar-refractivity contribution in [2.24, 2.45) is 0 Å². The van der Waals surface area contributed by atoms with Crippen LogP contribution in [0.2, 0.25) is 0 Å². The highest BCUT2D eigenvalue weighted by atomic mass is 16.6. The van der Waals surface area contributed by atoms with E-state index < -0.39 is 4.92 Å². The summed E-state index contributed by atoms with van der Waals surface area (Å²) in [7, 11) is 0. The zero-order valence-electron chi connectivity index (χ0n) is 12.0. The summed E-state index contributed by atoms with van der Waals surface area (Å²) in [5.41, 5.74) is 3.06. The van der Waals surface area contributed by atoms with Crippen molar-refractivity contribution >= 4 is 22.4 Å². The number of benzene rings is 2. The highest BCUT2D eigenvalue weighted by Crippen LogP contribution is 2.21. The van der Waals surface area contributed by atoms with E-state index in [1.54, 1.807) is 12.1 Å². The molecule has 0 saturated heterocycles. The molecule has 0 atom stereocenters. The second-order valence-electron chi connectivity index (χ2n) is 5.02. The van der Waals surface area contributed by atoms with Crippen molar-refractivity contribution in [1.82, 2.24) is 9.97 Å². The lowest BCUT2D eigenvalue weighted by atomic mass is 10.1. The molecule has 0 bridgehead atoms. The maximum Gasteiger partial charge on any atom is 0.269 e. The molecule has 1 heterocycles. The van der Waals surface area contributed by atoms with Crippen molar-refractivity contribution in [3.8, 4) is 0 Å². The first-order chi connectivity index (χ1) is 10.6. The first-order valence-electron chi connectivity index (χ1n) is 6.82. The van der Waals surface area contributed by atoms with E-state index >= 15 is 0 Å². The molecule has 0 fully saturated rings. The largest absolute Gasteiger partial charge is 0.365 e. The molecule has 2 aromatic carbocycles. The number of anilines is 1. The zero-order chi connectivity index (χ0) is 15.5. The number of non-ortho nitro benzene ring substituents is 1. The van der Waals surface area contributed by atoms with Crippen molar-refractivity contribution in [1.29, 1.82) is 0 Å². The molecule has 0 aliphatic heterocycles. The topological polar surface area (TPSA) is 81.0 Å². The third-order valence-corrected chi connectivity index (χ3v) is 3.40. The Balaban J connectivity index is 1.81. The Morgan fingerprint density at radius 2 is 1.91 bits per heavy atom. The minimum Gasteiger partial charge on any atom is -0.365 e. The summed E-state index contributed by atoms with van der Waals surface area (Å²) in [5, 5.41) is 14.9. The molecule has 0 aliphatic rings. The first kappa shape index (κ1) is 13.9. The van der Waals surface area contributed by atoms with Gasteiger partial charge in [0.2, 0.25) is 0 Å². The molecule has 0 amide bonds. The number of nitro groups is 1. The van der Waals surface area contributed by atoms with Crippen LogP contribution in [-0.2, 0) is 6.54 Å². The van der Waals surface area contributed by atoms with Gasteiger partial charge in [0.1, 0.15) is 12.1 Å². The van der Waals surface area contributed by atoms with Gasteiger partial charge in [0, 0.05) is 24.1 Å². The molecule has 0 spiro atoms. The predicted molar refractivity (Wildman–Crippen MR) is 84.7 cm³/mol. The number of nitrogens with one attached hydrogen (secondary N) is 1. The normalized spacial score (nSPS) is 10.6. The summed E-state index contributed by atoms with van der Waals surface area (Å²) in [5.74, 6) is 0.757. The van der Waals surface area contributed by atoms with E-state index in [0.717, 1.165) is 27.8 Å². The fraction of sp³-hybridized carbons (Fsp3) is 0.125. The van der Waals surface area contributed by atoms with Gasteiger partial charge in [-0.1, -0.05) is 23.8 Å². The van der Waals surface area contributed by atoms with Gasteiger partial charge in [-0.3, -0.25) is 10.1 Å². The van der Waals surface area contributed by atoms with Crippen LogP contribution in [0, 0.1) is 17.0 Å². The molecular weight excluding hydrogens is 280 g/mol. The monoisotopic (exact) mass is 294 g/mol. The molecule has 1 aromatic heterocycles. The predicted octanol–water partition coefficient (Wildman–Crippen LogP) is 3.46. The summed E-state index contributed by atoms with van der Waals surface area (Å²) in [6.07, 6.45) is 1.52. The number of nitrogens with zero attached hydrogens (tertiary/aromatic N) is 3. The SMILES string of the molecule is Cc1ccc2ncnc(NCc3ccc([N+](=O)[O-])cc3)c2c1. The van der Waals surface area contributed by atoms with Crippen LogP contribution in [0.15, 0.2) is 48.8 Å². The Hall–Kier alpha value is -3.02. The highest BCUT2D eigenvalue weighted by Gasteiger charge is 2.06. The molecule has 0 saturated carbocycles. The summed E-state index contributed by atoms with van der Waals surface area (Å²) in [4.78, 5) is 18.8. The number of aromatic nitrogens is 2. The van der Waals surface area contributed by atoms with Gasteiger partial charge in [-0.2, -0.15) is 0 Å². The quantitative estimate of drug-likeness (QED) is 0.588. The van der Waals surface area contributed by atoms with E-state index in [-0.39, 0.29) is 5.69 Å². The molecular formula is C16H14N4O2. The van der Waals surface area contributed by atoms with Gasteiger partial charge >= 0.3 is 0 Å². The van der Waals surface area contributed by atoms with Crippen molar-refractivity contribution in [3.63, 3.8) is 0 Å². The Labute approximate surface area is 127 Å². The van der Waals surface area contributed by atoms with E-state index in [1.807, 2.05) is 25.1 Å². The van der Waals surface area contributed by atoms with Crippen molar-refractivity contribution in [2.45, 2.75) is 13.5 Å². The molecule has 0 radical (unpaired) electrons. The number of rotatable bonds is 4. The Bertz CT molecular complexity index is 831. The maximum absolute atomic E-state index is 10.6. The first-order valence-corrected chi connectivity index (χ1v) is 6.82. The van der Waals surface area contributed by atoms with Gasteiger partial charge in [-0.15, -0.1) is 0 Å². The average molecular weight is 294 g/mol. The summed E-state index contributed by atoms with van der Waals surface area (Å²) >= 11 is 0. The molecule has 110 valence electrons. The second kappa shape index (κ2) is 5.77. The number of aryl methyl sites for hydroxylation is 1. The average Bonchev–Trinajstić information content (AvgIpc) is 2.53. The van der Waals surface area contributed by atoms with Crippen molar-refractivity contribution < 1.29 is 4.92 Å².